The molecule has 0 bridgehead atoms. The van der Waals surface area contributed by atoms with E-state index in [2.05, 4.69) is 10.2 Å². The number of rotatable bonds is 9. The highest BCUT2D eigenvalue weighted by Gasteiger charge is 2.36. The van der Waals surface area contributed by atoms with Crippen LogP contribution in [0.3, 0.4) is 0 Å². The van der Waals surface area contributed by atoms with Gasteiger partial charge in [0.25, 0.3) is 0 Å². The second-order valence-electron chi connectivity index (χ2n) is 8.78. The van der Waals surface area contributed by atoms with Crippen LogP contribution in [0.4, 0.5) is 11.4 Å². The van der Waals surface area contributed by atoms with Crippen LogP contribution in [0.1, 0.15) is 43.6 Å². The Hall–Kier alpha value is -3.82. The molecule has 0 radical (unpaired) electrons. The molecule has 0 saturated carbocycles. The number of thiophene rings is 1. The van der Waals surface area contributed by atoms with Crippen molar-refractivity contribution < 1.29 is 24.2 Å². The van der Waals surface area contributed by atoms with E-state index in [1.165, 1.54) is 18.4 Å². The molecule has 1 aromatic heterocycles. The molecule has 186 valence electrons. The van der Waals surface area contributed by atoms with E-state index in [0.717, 1.165) is 27.4 Å². The number of carboxylic acid groups (broad SMARTS) is 1. The second kappa shape index (κ2) is 10.8. The van der Waals surface area contributed by atoms with Crippen LogP contribution in [0.25, 0.3) is 0 Å². The van der Waals surface area contributed by atoms with Gasteiger partial charge in [0, 0.05) is 22.0 Å². The first kappa shape index (κ1) is 25.3. The first-order valence-corrected chi connectivity index (χ1v) is 12.2. The molecule has 1 aliphatic heterocycles. The van der Waals surface area contributed by atoms with Crippen molar-refractivity contribution >= 4 is 46.3 Å². The summed E-state index contributed by atoms with van der Waals surface area (Å²) in [6.07, 6.45) is 0.436. The Morgan fingerprint density at radius 3 is 2.53 bits per heavy atom. The molecule has 4 rings (SSSR count). The van der Waals surface area contributed by atoms with E-state index < -0.39 is 17.9 Å². The van der Waals surface area contributed by atoms with Crippen LogP contribution in [-0.4, -0.2) is 54.8 Å². The van der Waals surface area contributed by atoms with Crippen molar-refractivity contribution in [2.45, 2.75) is 25.3 Å². The highest BCUT2D eigenvalue weighted by atomic mass is 32.1. The Bertz CT molecular complexity index is 1330. The van der Waals surface area contributed by atoms with Crippen LogP contribution in [-0.2, 0) is 27.3 Å². The molecule has 1 atom stereocenters. The molecule has 3 aromatic rings. The topological polar surface area (TPSA) is 108 Å². The van der Waals surface area contributed by atoms with Crippen LogP contribution in [0.15, 0.2) is 59.6 Å². The molecule has 0 spiro atoms. The van der Waals surface area contributed by atoms with Crippen LogP contribution in [0.5, 0.6) is 0 Å². The third-order valence-electron chi connectivity index (χ3n) is 5.76. The Morgan fingerprint density at radius 1 is 1.11 bits per heavy atom. The molecule has 1 amide bonds. The number of aliphatic imine (C=N–C) groups is 1. The highest BCUT2D eigenvalue weighted by molar-refractivity contribution is 7.14. The number of aryl methyl sites for hydroxylation is 1. The molecule has 0 fully saturated rings. The van der Waals surface area contributed by atoms with Crippen molar-refractivity contribution in [1.82, 2.24) is 4.90 Å². The van der Waals surface area contributed by atoms with E-state index >= 15 is 0 Å². The lowest BCUT2D eigenvalue weighted by Gasteiger charge is -2.13. The van der Waals surface area contributed by atoms with Gasteiger partial charge in [-0.1, -0.05) is 18.2 Å². The van der Waals surface area contributed by atoms with E-state index in [4.69, 9.17) is 14.8 Å². The first-order chi connectivity index (χ1) is 17.2. The van der Waals surface area contributed by atoms with Gasteiger partial charge in [0.2, 0.25) is 5.91 Å². The molecule has 1 aliphatic rings. The average molecular weight is 506 g/mol. The molecular weight excluding hydrogens is 478 g/mol. The van der Waals surface area contributed by atoms with Crippen LogP contribution in [0.2, 0.25) is 0 Å². The minimum absolute atomic E-state index is 0.0306. The van der Waals surface area contributed by atoms with Crippen molar-refractivity contribution in [2.24, 2.45) is 4.99 Å². The number of ether oxygens (including phenoxy) is 1. The lowest BCUT2D eigenvalue weighted by molar-refractivity contribution is -0.137. The summed E-state index contributed by atoms with van der Waals surface area (Å²) < 4.78 is 4.80. The first-order valence-electron chi connectivity index (χ1n) is 11.4. The Kier molecular flexibility index (Phi) is 7.61. The SMILES string of the molecule is COC(=O)c1ccc2c(c1)NC(=O)C2C(=Nc1ccc(CN(C)C)cc1)c1ccc(CCC(=O)O)s1. The Morgan fingerprint density at radius 2 is 1.86 bits per heavy atom. The van der Waals surface area contributed by atoms with Crippen molar-refractivity contribution in [3.8, 4) is 0 Å². The molecule has 9 heteroatoms. The zero-order valence-corrected chi connectivity index (χ0v) is 21.1. The van der Waals surface area contributed by atoms with Crippen molar-refractivity contribution in [1.29, 1.82) is 0 Å². The van der Waals surface area contributed by atoms with Crippen LogP contribution < -0.4 is 5.32 Å². The van der Waals surface area contributed by atoms with Crippen molar-refractivity contribution in [3.05, 3.63) is 81.0 Å². The van der Waals surface area contributed by atoms with Gasteiger partial charge in [0.1, 0.15) is 5.92 Å². The largest absolute Gasteiger partial charge is 0.481 e. The summed E-state index contributed by atoms with van der Waals surface area (Å²) >= 11 is 1.43. The van der Waals surface area contributed by atoms with Crippen LogP contribution >= 0.6 is 11.3 Å². The van der Waals surface area contributed by atoms with E-state index in [1.54, 1.807) is 18.2 Å². The number of carboxylic acids is 1. The van der Waals surface area contributed by atoms with Gasteiger partial charge in [-0.05, 0) is 68.0 Å². The number of carbonyl (C=O) groups is 3. The lowest BCUT2D eigenvalue weighted by atomic mass is 9.93. The number of hydrogen-bond donors (Lipinski definition) is 2. The number of methoxy groups -OCH3 is 1. The number of aliphatic carboxylic acids is 1. The maximum absolute atomic E-state index is 13.2. The van der Waals surface area contributed by atoms with Gasteiger partial charge in [-0.2, -0.15) is 0 Å². The lowest BCUT2D eigenvalue weighted by Crippen LogP contribution is -2.21. The number of nitrogens with one attached hydrogen (secondary N) is 1. The second-order valence-corrected chi connectivity index (χ2v) is 9.95. The zero-order chi connectivity index (χ0) is 25.8. The maximum Gasteiger partial charge on any atom is 0.337 e. The predicted octanol–water partition coefficient (Wildman–Crippen LogP) is 4.47. The third kappa shape index (κ3) is 5.69. The molecule has 2 heterocycles. The number of benzene rings is 2. The minimum Gasteiger partial charge on any atom is -0.481 e. The zero-order valence-electron chi connectivity index (χ0n) is 20.3. The number of amides is 1. The summed E-state index contributed by atoms with van der Waals surface area (Å²) in [4.78, 5) is 44.9. The summed E-state index contributed by atoms with van der Waals surface area (Å²) in [5.41, 5.74) is 4.04. The summed E-state index contributed by atoms with van der Waals surface area (Å²) in [6.45, 7) is 0.801. The van der Waals surface area contributed by atoms with Crippen LogP contribution in [0, 0.1) is 0 Å². The van der Waals surface area contributed by atoms with E-state index in [9.17, 15) is 14.4 Å². The highest BCUT2D eigenvalue weighted by Crippen LogP contribution is 2.38. The van der Waals surface area contributed by atoms with Gasteiger partial charge in [0.05, 0.1) is 30.5 Å². The number of nitrogens with zero attached hydrogens (tertiary/aromatic N) is 2. The van der Waals surface area contributed by atoms with E-state index in [1.807, 2.05) is 50.5 Å². The van der Waals surface area contributed by atoms with E-state index in [-0.39, 0.29) is 12.3 Å². The van der Waals surface area contributed by atoms with Gasteiger partial charge in [0.15, 0.2) is 0 Å². The quantitative estimate of drug-likeness (QED) is 0.328. The number of anilines is 1. The van der Waals surface area contributed by atoms with Gasteiger partial charge in [-0.15, -0.1) is 11.3 Å². The number of esters is 1. The van der Waals surface area contributed by atoms with Crippen molar-refractivity contribution in [2.75, 3.05) is 26.5 Å². The Labute approximate surface area is 213 Å². The molecule has 1 unspecified atom stereocenters. The monoisotopic (exact) mass is 505 g/mol. The maximum atomic E-state index is 13.2. The summed E-state index contributed by atoms with van der Waals surface area (Å²) in [7, 11) is 5.32. The van der Waals surface area contributed by atoms with Gasteiger partial charge < -0.3 is 20.1 Å². The predicted molar refractivity (Wildman–Crippen MR) is 139 cm³/mol. The molecule has 0 saturated heterocycles. The minimum atomic E-state index is -0.859. The molecule has 0 aliphatic carbocycles. The smallest absolute Gasteiger partial charge is 0.337 e. The van der Waals surface area contributed by atoms with Gasteiger partial charge in [-0.3, -0.25) is 14.6 Å². The standard InChI is InChI=1S/C27H27N3O5S/c1-30(2)15-16-4-7-18(8-5-16)28-25(22-12-9-19(36-22)10-13-23(31)32)24-20-11-6-17(27(34)35-3)14-21(20)29-26(24)33/h4-9,11-12,14,24H,10,13,15H2,1-3H3,(H,29,33)(H,31,32). The molecular formula is C27H27N3O5S. The fraction of sp³-hybridized carbons (Fsp3) is 0.259. The molecule has 2 N–H and O–H groups in total. The number of carbonyl (C=O) groups excluding carboxylic acids is 2. The number of hydrogen-bond acceptors (Lipinski definition) is 7. The van der Waals surface area contributed by atoms with Gasteiger partial charge in [-0.25, -0.2) is 4.79 Å². The normalized spacial score (nSPS) is 15.1. The van der Waals surface area contributed by atoms with Crippen molar-refractivity contribution in [3.63, 3.8) is 0 Å². The average Bonchev–Trinajstić information content (AvgIpc) is 3.44. The molecule has 8 nitrogen and oxygen atoms in total. The molecule has 36 heavy (non-hydrogen) atoms. The third-order valence-corrected chi connectivity index (χ3v) is 6.93. The summed E-state index contributed by atoms with van der Waals surface area (Å²) in [6, 6.07) is 16.6. The molecule has 2 aromatic carbocycles. The fourth-order valence-corrected chi connectivity index (χ4v) is 5.13. The summed E-state index contributed by atoms with van der Waals surface area (Å²) in [5.74, 6) is -2.26. The summed E-state index contributed by atoms with van der Waals surface area (Å²) in [5, 5.41) is 11.9. The van der Waals surface area contributed by atoms with Gasteiger partial charge >= 0.3 is 11.9 Å². The Balaban J connectivity index is 1.75. The fourth-order valence-electron chi connectivity index (χ4n) is 4.10. The van der Waals surface area contributed by atoms with E-state index in [0.29, 0.717) is 29.1 Å². The number of fused-ring (bicyclic) bond motifs is 1.